The SMILES string of the molecule is CN(C)C(=O)N1CCC[C@H](c2nc(-c3ccc4nc[nH]c4c3)no2)C1. The van der Waals surface area contributed by atoms with Crippen LogP contribution in [0.4, 0.5) is 4.79 Å². The van der Waals surface area contributed by atoms with E-state index in [9.17, 15) is 4.79 Å². The van der Waals surface area contributed by atoms with Crippen molar-refractivity contribution in [3.05, 3.63) is 30.4 Å². The van der Waals surface area contributed by atoms with Crippen molar-refractivity contribution in [2.45, 2.75) is 18.8 Å². The quantitative estimate of drug-likeness (QED) is 0.774. The summed E-state index contributed by atoms with van der Waals surface area (Å²) in [5.41, 5.74) is 2.71. The van der Waals surface area contributed by atoms with Gasteiger partial charge in [0.05, 0.1) is 23.3 Å². The Kier molecular flexibility index (Phi) is 3.87. The lowest BCUT2D eigenvalue weighted by atomic mass is 9.98. The van der Waals surface area contributed by atoms with Crippen LogP contribution in [-0.2, 0) is 0 Å². The summed E-state index contributed by atoms with van der Waals surface area (Å²) in [4.78, 5) is 27.5. The number of likely N-dealkylation sites (tertiary alicyclic amines) is 1. The van der Waals surface area contributed by atoms with E-state index in [1.165, 1.54) is 0 Å². The average Bonchev–Trinajstić information content (AvgIpc) is 3.29. The number of hydrogen-bond donors (Lipinski definition) is 1. The number of benzene rings is 1. The van der Waals surface area contributed by atoms with Crippen LogP contribution < -0.4 is 0 Å². The Morgan fingerprint density at radius 2 is 2.28 bits per heavy atom. The van der Waals surface area contributed by atoms with Gasteiger partial charge in [0.1, 0.15) is 0 Å². The third kappa shape index (κ3) is 2.95. The molecule has 1 aliphatic heterocycles. The number of urea groups is 1. The van der Waals surface area contributed by atoms with E-state index in [1.54, 1.807) is 25.3 Å². The highest BCUT2D eigenvalue weighted by atomic mass is 16.5. The Balaban J connectivity index is 1.55. The highest BCUT2D eigenvalue weighted by Crippen LogP contribution is 2.28. The maximum absolute atomic E-state index is 12.2. The van der Waals surface area contributed by atoms with Crippen LogP contribution in [-0.4, -0.2) is 63.1 Å². The second-order valence-electron chi connectivity index (χ2n) is 6.55. The van der Waals surface area contributed by atoms with Crippen LogP contribution in [0.25, 0.3) is 22.4 Å². The number of piperidine rings is 1. The fourth-order valence-corrected chi connectivity index (χ4v) is 3.23. The first kappa shape index (κ1) is 15.6. The normalized spacial score (nSPS) is 17.8. The van der Waals surface area contributed by atoms with Crippen molar-refractivity contribution < 1.29 is 9.32 Å². The van der Waals surface area contributed by atoms with E-state index in [4.69, 9.17) is 4.52 Å². The lowest BCUT2D eigenvalue weighted by Crippen LogP contribution is -2.44. The average molecular weight is 340 g/mol. The molecule has 1 aromatic carbocycles. The van der Waals surface area contributed by atoms with Crippen LogP contribution in [0.3, 0.4) is 0 Å². The molecular weight excluding hydrogens is 320 g/mol. The van der Waals surface area contributed by atoms with Gasteiger partial charge in [-0.25, -0.2) is 9.78 Å². The second-order valence-corrected chi connectivity index (χ2v) is 6.55. The summed E-state index contributed by atoms with van der Waals surface area (Å²) in [5, 5.41) is 4.12. The molecule has 130 valence electrons. The van der Waals surface area contributed by atoms with Crippen LogP contribution in [0.5, 0.6) is 0 Å². The second kappa shape index (κ2) is 6.19. The first-order valence-electron chi connectivity index (χ1n) is 8.35. The Morgan fingerprint density at radius 1 is 1.40 bits per heavy atom. The molecule has 0 radical (unpaired) electrons. The van der Waals surface area contributed by atoms with E-state index >= 15 is 0 Å². The molecule has 1 saturated heterocycles. The lowest BCUT2D eigenvalue weighted by molar-refractivity contribution is 0.149. The van der Waals surface area contributed by atoms with Crippen molar-refractivity contribution in [1.82, 2.24) is 29.9 Å². The third-order valence-corrected chi connectivity index (χ3v) is 4.54. The van der Waals surface area contributed by atoms with Gasteiger partial charge >= 0.3 is 6.03 Å². The molecule has 8 heteroatoms. The minimum Gasteiger partial charge on any atom is -0.345 e. The monoisotopic (exact) mass is 340 g/mol. The van der Waals surface area contributed by atoms with E-state index in [0.29, 0.717) is 18.3 Å². The van der Waals surface area contributed by atoms with Crippen LogP contribution in [0.1, 0.15) is 24.7 Å². The Hall–Kier alpha value is -2.90. The fourth-order valence-electron chi connectivity index (χ4n) is 3.23. The molecule has 4 rings (SSSR count). The summed E-state index contributed by atoms with van der Waals surface area (Å²) in [6, 6.07) is 5.84. The zero-order valence-electron chi connectivity index (χ0n) is 14.3. The first-order valence-corrected chi connectivity index (χ1v) is 8.35. The summed E-state index contributed by atoms with van der Waals surface area (Å²) in [5.74, 6) is 1.23. The predicted octanol–water partition coefficient (Wildman–Crippen LogP) is 2.47. The minimum atomic E-state index is 0.0223. The molecular formula is C17H20N6O2. The standard InChI is InChI=1S/C17H20N6O2/c1-22(2)17(24)23-7-3-4-12(9-23)16-20-15(21-25-16)11-5-6-13-14(8-11)19-10-18-13/h5-6,8,10,12H,3-4,7,9H2,1-2H3,(H,18,19)/t12-/m0/s1. The molecule has 8 nitrogen and oxygen atoms in total. The van der Waals surface area contributed by atoms with Crippen molar-refractivity contribution in [3.8, 4) is 11.4 Å². The highest BCUT2D eigenvalue weighted by molar-refractivity contribution is 5.79. The van der Waals surface area contributed by atoms with Crippen molar-refractivity contribution in [1.29, 1.82) is 0 Å². The highest BCUT2D eigenvalue weighted by Gasteiger charge is 2.29. The van der Waals surface area contributed by atoms with Crippen LogP contribution >= 0.6 is 0 Å². The number of nitrogens with one attached hydrogen (secondary N) is 1. The zero-order chi connectivity index (χ0) is 17.4. The largest absolute Gasteiger partial charge is 0.345 e. The molecule has 0 saturated carbocycles. The van der Waals surface area contributed by atoms with Gasteiger partial charge < -0.3 is 19.3 Å². The smallest absolute Gasteiger partial charge is 0.319 e. The lowest BCUT2D eigenvalue weighted by Gasteiger charge is -2.32. The Morgan fingerprint density at radius 3 is 3.12 bits per heavy atom. The van der Waals surface area contributed by atoms with Crippen molar-refractivity contribution in [2.75, 3.05) is 27.2 Å². The van der Waals surface area contributed by atoms with E-state index in [-0.39, 0.29) is 11.9 Å². The number of H-pyrrole nitrogens is 1. The van der Waals surface area contributed by atoms with Crippen LogP contribution in [0.2, 0.25) is 0 Å². The summed E-state index contributed by atoms with van der Waals surface area (Å²) in [6.45, 7) is 1.38. The summed E-state index contributed by atoms with van der Waals surface area (Å²) < 4.78 is 5.50. The number of amides is 2. The maximum Gasteiger partial charge on any atom is 0.319 e. The van der Waals surface area contributed by atoms with Gasteiger partial charge in [-0.05, 0) is 31.0 Å². The van der Waals surface area contributed by atoms with E-state index in [0.717, 1.165) is 36.0 Å². The molecule has 1 N–H and O–H groups in total. The first-order chi connectivity index (χ1) is 12.1. The van der Waals surface area contributed by atoms with Crippen molar-refractivity contribution in [3.63, 3.8) is 0 Å². The zero-order valence-corrected chi connectivity index (χ0v) is 14.3. The maximum atomic E-state index is 12.2. The molecule has 0 bridgehead atoms. The number of carbonyl (C=O) groups is 1. The van der Waals surface area contributed by atoms with Gasteiger partial charge in [-0.1, -0.05) is 5.16 Å². The van der Waals surface area contributed by atoms with Gasteiger partial charge in [-0.15, -0.1) is 0 Å². The Labute approximate surface area is 144 Å². The molecule has 2 amide bonds. The molecule has 1 atom stereocenters. The fraction of sp³-hybridized carbons (Fsp3) is 0.412. The van der Waals surface area contributed by atoms with Gasteiger partial charge in [-0.3, -0.25) is 0 Å². The molecule has 25 heavy (non-hydrogen) atoms. The van der Waals surface area contributed by atoms with Crippen molar-refractivity contribution in [2.24, 2.45) is 0 Å². The number of nitrogens with zero attached hydrogens (tertiary/aromatic N) is 5. The van der Waals surface area contributed by atoms with Gasteiger partial charge in [0.2, 0.25) is 11.7 Å². The summed E-state index contributed by atoms with van der Waals surface area (Å²) in [7, 11) is 3.53. The molecule has 2 aromatic heterocycles. The van der Waals surface area contributed by atoms with E-state index in [1.807, 2.05) is 23.1 Å². The molecule has 1 fully saturated rings. The van der Waals surface area contributed by atoms with Crippen molar-refractivity contribution >= 4 is 17.1 Å². The number of aromatic nitrogens is 4. The topological polar surface area (TPSA) is 91.2 Å². The number of rotatable bonds is 2. The van der Waals surface area contributed by atoms with Gasteiger partial charge in [-0.2, -0.15) is 4.98 Å². The number of carbonyl (C=O) groups excluding carboxylic acids is 1. The van der Waals surface area contributed by atoms with E-state index < -0.39 is 0 Å². The Bertz CT molecular complexity index is 899. The van der Waals surface area contributed by atoms with E-state index in [2.05, 4.69) is 20.1 Å². The summed E-state index contributed by atoms with van der Waals surface area (Å²) >= 11 is 0. The minimum absolute atomic E-state index is 0.0223. The molecule has 1 aliphatic rings. The predicted molar refractivity (Wildman–Crippen MR) is 92.0 cm³/mol. The number of hydrogen-bond acceptors (Lipinski definition) is 5. The molecule has 3 heterocycles. The van der Waals surface area contributed by atoms with Crippen LogP contribution in [0.15, 0.2) is 29.0 Å². The molecule has 0 spiro atoms. The number of aromatic amines is 1. The van der Waals surface area contributed by atoms with Gasteiger partial charge in [0.15, 0.2) is 0 Å². The number of fused-ring (bicyclic) bond motifs is 1. The number of imidazole rings is 1. The van der Waals surface area contributed by atoms with Gasteiger partial charge in [0.25, 0.3) is 0 Å². The molecule has 3 aromatic rings. The van der Waals surface area contributed by atoms with Crippen LogP contribution in [0, 0.1) is 0 Å². The third-order valence-electron chi connectivity index (χ3n) is 4.54. The van der Waals surface area contributed by atoms with Gasteiger partial charge in [0, 0.05) is 32.7 Å². The molecule has 0 unspecified atom stereocenters. The molecule has 0 aliphatic carbocycles. The summed E-state index contributed by atoms with van der Waals surface area (Å²) in [6.07, 6.45) is 3.54.